The van der Waals surface area contributed by atoms with Crippen LogP contribution in [0.2, 0.25) is 0 Å². The lowest BCUT2D eigenvalue weighted by Gasteiger charge is -2.18. The molecule has 1 unspecified atom stereocenters. The molecule has 3 aliphatic rings. The lowest BCUT2D eigenvalue weighted by atomic mass is 9.96. The van der Waals surface area contributed by atoms with E-state index in [4.69, 9.17) is 0 Å². The third kappa shape index (κ3) is 3.33. The smallest absolute Gasteiger partial charge is 0.229 e. The van der Waals surface area contributed by atoms with Crippen LogP contribution in [0.3, 0.4) is 0 Å². The van der Waals surface area contributed by atoms with Crippen LogP contribution in [0.25, 0.3) is 5.70 Å². The van der Waals surface area contributed by atoms with Gasteiger partial charge in [-0.15, -0.1) is 11.8 Å². The topological polar surface area (TPSA) is 58.1 Å². The summed E-state index contributed by atoms with van der Waals surface area (Å²) in [6.45, 7) is 5.16. The Kier molecular flexibility index (Phi) is 4.62. The maximum atomic E-state index is 12.6. The van der Waals surface area contributed by atoms with Gasteiger partial charge in [0.2, 0.25) is 5.95 Å². The summed E-state index contributed by atoms with van der Waals surface area (Å²) < 4.78 is 0. The average Bonchev–Trinajstić information content (AvgIpc) is 3.28. The highest BCUT2D eigenvalue weighted by Gasteiger charge is 2.52. The molecule has 1 spiro atoms. The molecular formula is C23H26N4OS. The number of unbranched alkanes of at least 4 members (excludes halogenated alkanes) is 1. The van der Waals surface area contributed by atoms with Crippen LogP contribution in [0.1, 0.15) is 67.4 Å². The summed E-state index contributed by atoms with van der Waals surface area (Å²) >= 11 is 1.77. The molecule has 5 rings (SSSR count). The highest BCUT2D eigenvalue weighted by Crippen LogP contribution is 2.57. The second kappa shape index (κ2) is 7.17. The number of nitrogens with zero attached hydrogens (tertiary/aromatic N) is 3. The maximum Gasteiger partial charge on any atom is 0.229 e. The van der Waals surface area contributed by atoms with Gasteiger partial charge in [-0.05, 0) is 43.2 Å². The fraction of sp³-hybridized carbons (Fsp3) is 0.435. The van der Waals surface area contributed by atoms with Gasteiger partial charge in [-0.2, -0.15) is 0 Å². The van der Waals surface area contributed by atoms with Crippen molar-refractivity contribution in [1.82, 2.24) is 15.3 Å². The van der Waals surface area contributed by atoms with E-state index in [1.54, 1.807) is 11.8 Å². The number of hydrogen-bond acceptors (Lipinski definition) is 6. The predicted molar refractivity (Wildman–Crippen MR) is 118 cm³/mol. The summed E-state index contributed by atoms with van der Waals surface area (Å²) in [5.41, 5.74) is 5.59. The maximum absolute atomic E-state index is 12.6. The SMILES string of the molecule is CCCCC(=O)c1ccc2c(c1)N(c1ncc(C3=CSC(C)N3)cn1)CC21CC1. The predicted octanol–water partition coefficient (Wildman–Crippen LogP) is 5.01. The second-order valence-electron chi connectivity index (χ2n) is 8.35. The van der Waals surface area contributed by atoms with Crippen LogP contribution >= 0.6 is 11.8 Å². The van der Waals surface area contributed by atoms with Crippen LogP contribution in [0.5, 0.6) is 0 Å². The van der Waals surface area contributed by atoms with E-state index in [1.807, 2.05) is 18.5 Å². The number of benzene rings is 1. The van der Waals surface area contributed by atoms with Gasteiger partial charge in [0.25, 0.3) is 0 Å². The molecule has 0 radical (unpaired) electrons. The largest absolute Gasteiger partial charge is 0.372 e. The lowest BCUT2D eigenvalue weighted by molar-refractivity contribution is 0.0980. The third-order valence-corrected chi connectivity index (χ3v) is 7.09. The fourth-order valence-corrected chi connectivity index (χ4v) is 5.04. The molecule has 2 aromatic rings. The van der Waals surface area contributed by atoms with Crippen molar-refractivity contribution in [3.8, 4) is 0 Å². The zero-order valence-corrected chi connectivity index (χ0v) is 17.8. The number of thioether (sulfide) groups is 1. The molecular weight excluding hydrogens is 380 g/mol. The minimum Gasteiger partial charge on any atom is -0.372 e. The van der Waals surface area contributed by atoms with E-state index in [0.29, 0.717) is 11.8 Å². The fourth-order valence-electron chi connectivity index (χ4n) is 4.30. The van der Waals surface area contributed by atoms with Gasteiger partial charge in [-0.25, -0.2) is 9.97 Å². The molecule has 1 atom stereocenters. The van der Waals surface area contributed by atoms with E-state index in [2.05, 4.69) is 51.6 Å². The summed E-state index contributed by atoms with van der Waals surface area (Å²) in [6, 6.07) is 6.25. The number of rotatable bonds is 6. The number of ketones is 1. The first-order valence-corrected chi connectivity index (χ1v) is 11.4. The Morgan fingerprint density at radius 2 is 2.10 bits per heavy atom. The van der Waals surface area contributed by atoms with E-state index in [9.17, 15) is 4.79 Å². The second-order valence-corrected chi connectivity index (χ2v) is 9.57. The molecule has 1 N–H and O–H groups in total. The van der Waals surface area contributed by atoms with Crippen molar-refractivity contribution in [1.29, 1.82) is 0 Å². The summed E-state index contributed by atoms with van der Waals surface area (Å²) in [5, 5.41) is 5.94. The highest BCUT2D eigenvalue weighted by molar-refractivity contribution is 8.03. The van der Waals surface area contributed by atoms with Crippen molar-refractivity contribution in [2.24, 2.45) is 0 Å². The molecule has 150 valence electrons. The summed E-state index contributed by atoms with van der Waals surface area (Å²) in [7, 11) is 0. The van der Waals surface area contributed by atoms with Gasteiger partial charge in [-0.3, -0.25) is 4.79 Å². The number of hydrogen-bond donors (Lipinski definition) is 1. The van der Waals surface area contributed by atoms with Crippen molar-refractivity contribution in [2.45, 2.75) is 56.7 Å². The summed E-state index contributed by atoms with van der Waals surface area (Å²) in [6.07, 6.45) is 8.78. The molecule has 5 nitrogen and oxygen atoms in total. The van der Waals surface area contributed by atoms with Gasteiger partial charge in [0.1, 0.15) is 0 Å². The Labute approximate surface area is 176 Å². The first-order chi connectivity index (χ1) is 14.1. The van der Waals surface area contributed by atoms with Crippen molar-refractivity contribution in [3.05, 3.63) is 52.7 Å². The molecule has 6 heteroatoms. The number of fused-ring (bicyclic) bond motifs is 2. The van der Waals surface area contributed by atoms with Gasteiger partial charge in [0.15, 0.2) is 5.78 Å². The molecule has 0 amide bonds. The monoisotopic (exact) mass is 406 g/mol. The van der Waals surface area contributed by atoms with Crippen LogP contribution in [0, 0.1) is 0 Å². The zero-order valence-electron chi connectivity index (χ0n) is 16.9. The van der Waals surface area contributed by atoms with Crippen LogP contribution in [0.15, 0.2) is 36.0 Å². The van der Waals surface area contributed by atoms with E-state index in [-0.39, 0.29) is 11.2 Å². The van der Waals surface area contributed by atoms with Crippen molar-refractivity contribution < 1.29 is 4.79 Å². The first kappa shape index (κ1) is 18.7. The van der Waals surface area contributed by atoms with Gasteiger partial charge >= 0.3 is 0 Å². The van der Waals surface area contributed by atoms with Crippen LogP contribution in [0.4, 0.5) is 11.6 Å². The minimum atomic E-state index is 0.226. The first-order valence-electron chi connectivity index (χ1n) is 10.5. The van der Waals surface area contributed by atoms with Crippen molar-refractivity contribution in [2.75, 3.05) is 11.4 Å². The number of Topliss-reactive ketones (excluding diaryl/α,β-unsaturated/α-hetero) is 1. The molecule has 1 fully saturated rings. The molecule has 1 saturated carbocycles. The molecule has 1 aromatic heterocycles. The van der Waals surface area contributed by atoms with E-state index in [1.165, 1.54) is 18.4 Å². The summed E-state index contributed by atoms with van der Waals surface area (Å²) in [5.74, 6) is 0.949. The lowest BCUT2D eigenvalue weighted by Crippen LogP contribution is -2.21. The number of anilines is 2. The van der Waals surface area contributed by atoms with Crippen molar-refractivity contribution >= 4 is 34.9 Å². The van der Waals surface area contributed by atoms with E-state index >= 15 is 0 Å². The van der Waals surface area contributed by atoms with Gasteiger partial charge in [-0.1, -0.05) is 25.5 Å². The standard InChI is InChI=1S/C23H26N4OS/c1-3-4-5-21(28)16-6-7-18-20(10-16)27(14-23(18)8-9-23)22-24-11-17(12-25-22)19-13-29-15(2)26-19/h6-7,10-13,15,26H,3-5,8-9,14H2,1-2H3. The Hall–Kier alpha value is -2.34. The molecule has 29 heavy (non-hydrogen) atoms. The average molecular weight is 407 g/mol. The Morgan fingerprint density at radius 3 is 2.76 bits per heavy atom. The quantitative estimate of drug-likeness (QED) is 0.680. The molecule has 0 bridgehead atoms. The third-order valence-electron chi connectivity index (χ3n) is 6.19. The molecule has 1 aliphatic carbocycles. The zero-order chi connectivity index (χ0) is 20.0. The van der Waals surface area contributed by atoms with Crippen molar-refractivity contribution in [3.63, 3.8) is 0 Å². The Morgan fingerprint density at radius 1 is 1.31 bits per heavy atom. The Bertz CT molecular complexity index is 981. The minimum absolute atomic E-state index is 0.226. The van der Waals surface area contributed by atoms with Crippen LogP contribution < -0.4 is 10.2 Å². The number of aromatic nitrogens is 2. The molecule has 1 aromatic carbocycles. The highest BCUT2D eigenvalue weighted by atomic mass is 32.2. The van der Waals surface area contributed by atoms with Gasteiger partial charge in [0, 0.05) is 47.6 Å². The number of nitrogens with one attached hydrogen (secondary N) is 1. The summed E-state index contributed by atoms with van der Waals surface area (Å²) in [4.78, 5) is 24.2. The Balaban J connectivity index is 1.44. The molecule has 0 saturated heterocycles. The van der Waals surface area contributed by atoms with Crippen LogP contribution in [-0.4, -0.2) is 27.7 Å². The van der Waals surface area contributed by atoms with Gasteiger partial charge in [0.05, 0.1) is 11.1 Å². The number of carbonyl (C=O) groups excluding carboxylic acids is 1. The number of carbonyl (C=O) groups is 1. The normalized spacial score (nSPS) is 21.1. The molecule has 3 heterocycles. The van der Waals surface area contributed by atoms with Gasteiger partial charge < -0.3 is 10.2 Å². The molecule has 2 aliphatic heterocycles. The van der Waals surface area contributed by atoms with E-state index in [0.717, 1.165) is 47.8 Å². The van der Waals surface area contributed by atoms with E-state index < -0.39 is 0 Å². The van der Waals surface area contributed by atoms with Crippen LogP contribution in [-0.2, 0) is 5.41 Å².